The Morgan fingerprint density at radius 3 is 2.58 bits per heavy atom. The molecule has 0 unspecified atom stereocenters. The number of nitrogens with zero attached hydrogens (tertiary/aromatic N) is 1. The Hall–Kier alpha value is -2.37. The average molecular weight is 355 g/mol. The fraction of sp³-hybridized carbons (Fsp3) is 0.381. The Bertz CT molecular complexity index is 727. The van der Waals surface area contributed by atoms with E-state index < -0.39 is 0 Å². The van der Waals surface area contributed by atoms with Crippen molar-refractivity contribution in [2.75, 3.05) is 33.4 Å². The molecule has 2 atom stereocenters. The van der Waals surface area contributed by atoms with E-state index in [2.05, 4.69) is 31.2 Å². The molecule has 138 valence electrons. The number of rotatable bonds is 6. The minimum Gasteiger partial charge on any atom is -0.507 e. The van der Waals surface area contributed by atoms with Crippen molar-refractivity contribution in [2.24, 2.45) is 4.99 Å². The van der Waals surface area contributed by atoms with Crippen molar-refractivity contribution in [1.29, 1.82) is 0 Å². The Kier molecular flexibility index (Phi) is 6.26. The Labute approximate surface area is 154 Å². The summed E-state index contributed by atoms with van der Waals surface area (Å²) in [5.74, 6) is 0.909. The van der Waals surface area contributed by atoms with E-state index in [0.29, 0.717) is 11.3 Å². The molecule has 5 heteroatoms. The van der Waals surface area contributed by atoms with Crippen LogP contribution in [0, 0.1) is 0 Å². The first-order chi connectivity index (χ1) is 12.7. The van der Waals surface area contributed by atoms with Gasteiger partial charge in [-0.1, -0.05) is 30.3 Å². The summed E-state index contributed by atoms with van der Waals surface area (Å²) >= 11 is 0. The van der Waals surface area contributed by atoms with Crippen LogP contribution in [0.1, 0.15) is 24.1 Å². The number of aliphatic imine (C=N–C) groups is 1. The zero-order chi connectivity index (χ0) is 18.4. The topological polar surface area (TPSA) is 55.5 Å². The summed E-state index contributed by atoms with van der Waals surface area (Å²) in [6.45, 7) is 5.65. The van der Waals surface area contributed by atoms with Crippen molar-refractivity contribution in [3.05, 3.63) is 59.7 Å². The molecule has 2 aromatic rings. The summed E-state index contributed by atoms with van der Waals surface area (Å²) in [6.07, 6.45) is 1.75. The van der Waals surface area contributed by atoms with Crippen molar-refractivity contribution in [2.45, 2.75) is 19.0 Å². The van der Waals surface area contributed by atoms with Gasteiger partial charge in [0.15, 0.2) is 0 Å². The van der Waals surface area contributed by atoms with Crippen molar-refractivity contribution >= 4 is 6.21 Å². The maximum Gasteiger partial charge on any atom is 0.136 e. The molecule has 2 N–H and O–H groups in total. The van der Waals surface area contributed by atoms with Gasteiger partial charge in [-0.05, 0) is 25.1 Å². The lowest BCUT2D eigenvalue weighted by molar-refractivity contribution is -0.940. The number of methoxy groups -OCH3 is 1. The van der Waals surface area contributed by atoms with Gasteiger partial charge < -0.3 is 19.5 Å². The molecule has 0 aromatic heterocycles. The van der Waals surface area contributed by atoms with Crippen LogP contribution in [0.3, 0.4) is 0 Å². The minimum atomic E-state index is 0.0658. The summed E-state index contributed by atoms with van der Waals surface area (Å²) < 4.78 is 10.8. The van der Waals surface area contributed by atoms with Crippen LogP contribution >= 0.6 is 0 Å². The second-order valence-corrected chi connectivity index (χ2v) is 6.60. The summed E-state index contributed by atoms with van der Waals surface area (Å²) in [6, 6.07) is 16.0. The lowest BCUT2D eigenvalue weighted by Gasteiger charge is -2.33. The monoisotopic (exact) mass is 355 g/mol. The third-order valence-corrected chi connectivity index (χ3v) is 4.90. The molecule has 0 spiro atoms. The van der Waals surface area contributed by atoms with Crippen molar-refractivity contribution in [3.63, 3.8) is 0 Å². The number of phenols is 1. The molecule has 5 nitrogen and oxygen atoms in total. The second kappa shape index (κ2) is 8.83. The number of hydrogen-bond acceptors (Lipinski definition) is 4. The number of ether oxygens (including phenoxy) is 2. The highest BCUT2D eigenvalue weighted by molar-refractivity contribution is 5.84. The molecule has 1 heterocycles. The second-order valence-electron chi connectivity index (χ2n) is 6.60. The largest absolute Gasteiger partial charge is 0.507 e. The predicted molar refractivity (Wildman–Crippen MR) is 102 cm³/mol. The number of phenolic OH excluding ortho intramolecular Hbond substituents is 1. The van der Waals surface area contributed by atoms with E-state index in [-0.39, 0.29) is 17.8 Å². The fourth-order valence-corrected chi connectivity index (χ4v) is 3.51. The van der Waals surface area contributed by atoms with Crippen LogP contribution < -0.4 is 9.64 Å². The summed E-state index contributed by atoms with van der Waals surface area (Å²) in [5.41, 5.74) is 1.95. The maximum atomic E-state index is 10.1. The smallest absolute Gasteiger partial charge is 0.136 e. The van der Waals surface area contributed by atoms with Gasteiger partial charge in [0.05, 0.1) is 20.3 Å². The molecule has 1 fully saturated rings. The van der Waals surface area contributed by atoms with E-state index in [4.69, 9.17) is 14.5 Å². The van der Waals surface area contributed by atoms with Crippen molar-refractivity contribution < 1.29 is 19.5 Å². The molecule has 26 heavy (non-hydrogen) atoms. The maximum absolute atomic E-state index is 10.1. The van der Waals surface area contributed by atoms with Gasteiger partial charge in [0.2, 0.25) is 0 Å². The number of aromatic hydroxyl groups is 1. The van der Waals surface area contributed by atoms with Gasteiger partial charge in [-0.15, -0.1) is 0 Å². The van der Waals surface area contributed by atoms with E-state index in [9.17, 15) is 5.11 Å². The van der Waals surface area contributed by atoms with Crippen LogP contribution in [0.4, 0.5) is 0 Å². The third-order valence-electron chi connectivity index (χ3n) is 4.90. The molecule has 0 bridgehead atoms. The van der Waals surface area contributed by atoms with E-state index in [1.165, 1.54) is 10.5 Å². The van der Waals surface area contributed by atoms with Crippen LogP contribution in [0.25, 0.3) is 0 Å². The van der Waals surface area contributed by atoms with Crippen LogP contribution in [-0.4, -0.2) is 50.8 Å². The highest BCUT2D eigenvalue weighted by Crippen LogP contribution is 2.22. The standard InChI is InChI=1S/C21H26N2O3/c1-16(22-15-18-14-19(25-2)8-9-20(18)24)21(17-6-4-3-5-7-17)23-10-12-26-13-11-23/h3-9,14-16,21,24H,10-13H2,1-2H3/p+1/t16-,21+/m0/s1. The Morgan fingerprint density at radius 1 is 1.15 bits per heavy atom. The Morgan fingerprint density at radius 2 is 1.88 bits per heavy atom. The molecule has 3 rings (SSSR count). The first kappa shape index (κ1) is 18.4. The minimum absolute atomic E-state index is 0.0658. The van der Waals surface area contributed by atoms with Crippen LogP contribution in [0.15, 0.2) is 53.5 Å². The van der Waals surface area contributed by atoms with Crippen molar-refractivity contribution in [1.82, 2.24) is 0 Å². The van der Waals surface area contributed by atoms with Gasteiger partial charge in [-0.25, -0.2) is 0 Å². The molecule has 0 radical (unpaired) electrons. The molecule has 0 aliphatic carbocycles. The summed E-state index contributed by atoms with van der Waals surface area (Å²) in [5, 5.41) is 10.1. The predicted octanol–water partition coefficient (Wildman–Crippen LogP) is 1.86. The number of benzene rings is 2. The highest BCUT2D eigenvalue weighted by atomic mass is 16.5. The average Bonchev–Trinajstić information content (AvgIpc) is 2.69. The molecular formula is C21H27N2O3+. The van der Waals surface area contributed by atoms with E-state index in [1.54, 1.807) is 31.5 Å². The van der Waals surface area contributed by atoms with Crippen LogP contribution in [-0.2, 0) is 4.74 Å². The first-order valence-corrected chi connectivity index (χ1v) is 9.06. The van der Waals surface area contributed by atoms with E-state index >= 15 is 0 Å². The van der Waals surface area contributed by atoms with E-state index in [0.717, 1.165) is 26.3 Å². The SMILES string of the molecule is COc1ccc(O)c(C=N[C@@H](C)[C@H](c2ccccc2)[NH+]2CCOCC2)c1. The molecule has 1 aliphatic rings. The van der Waals surface area contributed by atoms with E-state index in [1.807, 2.05) is 6.07 Å². The van der Waals surface area contributed by atoms with Crippen LogP contribution in [0.2, 0.25) is 0 Å². The molecule has 0 saturated carbocycles. The zero-order valence-corrected chi connectivity index (χ0v) is 15.4. The summed E-state index contributed by atoms with van der Waals surface area (Å²) in [4.78, 5) is 6.27. The first-order valence-electron chi connectivity index (χ1n) is 9.06. The number of hydrogen-bond donors (Lipinski definition) is 2. The number of nitrogens with one attached hydrogen (secondary N) is 1. The molecule has 2 aromatic carbocycles. The van der Waals surface area contributed by atoms with Crippen LogP contribution in [0.5, 0.6) is 11.5 Å². The third kappa shape index (κ3) is 4.42. The lowest BCUT2D eigenvalue weighted by atomic mass is 9.98. The molecular weight excluding hydrogens is 328 g/mol. The van der Waals surface area contributed by atoms with Gasteiger partial charge in [0, 0.05) is 17.3 Å². The van der Waals surface area contributed by atoms with Gasteiger partial charge in [0.1, 0.15) is 36.7 Å². The molecule has 1 saturated heterocycles. The molecule has 0 amide bonds. The van der Waals surface area contributed by atoms with Gasteiger partial charge in [0.25, 0.3) is 0 Å². The van der Waals surface area contributed by atoms with Gasteiger partial charge in [-0.3, -0.25) is 4.99 Å². The number of morpholine rings is 1. The quantitative estimate of drug-likeness (QED) is 0.778. The molecule has 1 aliphatic heterocycles. The van der Waals surface area contributed by atoms with Gasteiger partial charge in [-0.2, -0.15) is 0 Å². The number of quaternary nitrogens is 1. The summed E-state index contributed by atoms with van der Waals surface area (Å²) in [7, 11) is 1.61. The zero-order valence-electron chi connectivity index (χ0n) is 15.4. The highest BCUT2D eigenvalue weighted by Gasteiger charge is 2.30. The normalized spacial score (nSPS) is 17.9. The fourth-order valence-electron chi connectivity index (χ4n) is 3.51. The Balaban J connectivity index is 1.84. The van der Waals surface area contributed by atoms with Crippen molar-refractivity contribution in [3.8, 4) is 11.5 Å². The van der Waals surface area contributed by atoms with Gasteiger partial charge >= 0.3 is 0 Å². The lowest BCUT2D eigenvalue weighted by Crippen LogP contribution is -3.15.